The summed E-state index contributed by atoms with van der Waals surface area (Å²) in [5.41, 5.74) is 5.33. The lowest BCUT2D eigenvalue weighted by atomic mass is 9.99. The topological polar surface area (TPSA) is 52.3 Å². The van der Waals surface area contributed by atoms with E-state index in [-0.39, 0.29) is 22.6 Å². The van der Waals surface area contributed by atoms with Crippen molar-refractivity contribution in [2.75, 3.05) is 12.8 Å². The first-order valence-electron chi connectivity index (χ1n) is 5.99. The second-order valence-electron chi connectivity index (χ2n) is 4.33. The van der Waals surface area contributed by atoms with E-state index in [9.17, 15) is 18.0 Å². The number of para-hydroxylation sites is 1. The average molecular weight is 295 g/mol. The number of ether oxygens (including phenoxy) is 1. The van der Waals surface area contributed by atoms with Gasteiger partial charge in [-0.05, 0) is 30.3 Å². The van der Waals surface area contributed by atoms with E-state index in [0.29, 0.717) is 0 Å². The van der Waals surface area contributed by atoms with Crippen LogP contribution >= 0.6 is 0 Å². The molecule has 0 heterocycles. The van der Waals surface area contributed by atoms with Gasteiger partial charge in [0.2, 0.25) is 0 Å². The number of alkyl halides is 3. The van der Waals surface area contributed by atoms with Crippen molar-refractivity contribution >= 4 is 11.5 Å². The highest BCUT2D eigenvalue weighted by Crippen LogP contribution is 2.34. The number of methoxy groups -OCH3 is 1. The van der Waals surface area contributed by atoms with Crippen molar-refractivity contribution in [2.24, 2.45) is 0 Å². The Balaban J connectivity index is 2.50. The third-order valence-electron chi connectivity index (χ3n) is 2.98. The van der Waals surface area contributed by atoms with Crippen LogP contribution in [0, 0.1) is 0 Å². The molecule has 110 valence electrons. The molecule has 0 fully saturated rings. The summed E-state index contributed by atoms with van der Waals surface area (Å²) in [6.45, 7) is 0. The molecule has 2 rings (SSSR count). The Morgan fingerprint density at radius 2 is 1.76 bits per heavy atom. The van der Waals surface area contributed by atoms with E-state index in [0.717, 1.165) is 18.2 Å². The number of benzene rings is 2. The molecule has 0 aliphatic rings. The van der Waals surface area contributed by atoms with Crippen LogP contribution in [0.15, 0.2) is 42.5 Å². The summed E-state index contributed by atoms with van der Waals surface area (Å²) in [4.78, 5) is 12.4. The molecule has 0 amide bonds. The molecule has 0 bridgehead atoms. The largest absolute Gasteiger partial charge is 0.496 e. The van der Waals surface area contributed by atoms with Crippen LogP contribution < -0.4 is 10.5 Å². The molecule has 0 atom stereocenters. The van der Waals surface area contributed by atoms with Crippen molar-refractivity contribution < 1.29 is 22.7 Å². The minimum absolute atomic E-state index is 0.0309. The number of hydrogen-bond acceptors (Lipinski definition) is 3. The number of carbonyl (C=O) groups excluding carboxylic acids is 1. The van der Waals surface area contributed by atoms with E-state index in [4.69, 9.17) is 10.5 Å². The fourth-order valence-corrected chi connectivity index (χ4v) is 1.90. The van der Waals surface area contributed by atoms with Crippen LogP contribution in [-0.2, 0) is 6.18 Å². The molecule has 6 heteroatoms. The van der Waals surface area contributed by atoms with E-state index in [1.165, 1.54) is 13.2 Å². The minimum atomic E-state index is -4.50. The molecule has 2 N–H and O–H groups in total. The highest BCUT2D eigenvalue weighted by atomic mass is 19.4. The Bertz CT molecular complexity index is 681. The van der Waals surface area contributed by atoms with Crippen LogP contribution in [0.2, 0.25) is 0 Å². The molecule has 0 aromatic heterocycles. The number of rotatable bonds is 3. The Morgan fingerprint density at radius 3 is 2.33 bits per heavy atom. The minimum Gasteiger partial charge on any atom is -0.496 e. The van der Waals surface area contributed by atoms with Crippen molar-refractivity contribution in [1.82, 2.24) is 0 Å². The molecular formula is C15H12F3NO2. The number of hydrogen-bond donors (Lipinski definition) is 1. The Hall–Kier alpha value is -2.50. The number of ketones is 1. The molecule has 0 aliphatic carbocycles. The fourth-order valence-electron chi connectivity index (χ4n) is 1.90. The number of nitrogens with two attached hydrogens (primary N) is 1. The molecule has 3 nitrogen and oxygen atoms in total. The molecule has 0 radical (unpaired) electrons. The Kier molecular flexibility index (Phi) is 3.88. The van der Waals surface area contributed by atoms with Gasteiger partial charge in [-0.1, -0.05) is 12.1 Å². The van der Waals surface area contributed by atoms with E-state index in [1.54, 1.807) is 18.2 Å². The second kappa shape index (κ2) is 5.47. The molecule has 2 aromatic rings. The summed E-state index contributed by atoms with van der Waals surface area (Å²) < 4.78 is 42.9. The number of nitrogen functional groups attached to an aromatic ring is 1. The standard InChI is InChI=1S/C15H12F3NO2/c1-21-13-8-9(15(16,17)18)6-7-11(13)14(20)10-4-2-3-5-12(10)19/h2-8H,19H2,1H3. The molecule has 0 unspecified atom stereocenters. The predicted octanol–water partition coefficient (Wildman–Crippen LogP) is 3.53. The second-order valence-corrected chi connectivity index (χ2v) is 4.33. The van der Waals surface area contributed by atoms with Crippen LogP contribution in [-0.4, -0.2) is 12.9 Å². The molecule has 2 aromatic carbocycles. The fraction of sp³-hybridized carbons (Fsp3) is 0.133. The average Bonchev–Trinajstić information content (AvgIpc) is 2.45. The third-order valence-corrected chi connectivity index (χ3v) is 2.98. The normalized spacial score (nSPS) is 11.2. The van der Waals surface area contributed by atoms with E-state index in [2.05, 4.69) is 0 Å². The van der Waals surface area contributed by atoms with Gasteiger partial charge in [0.25, 0.3) is 0 Å². The smallest absolute Gasteiger partial charge is 0.416 e. The number of anilines is 1. The number of carbonyl (C=O) groups is 1. The quantitative estimate of drug-likeness (QED) is 0.696. The first-order chi connectivity index (χ1) is 9.84. The van der Waals surface area contributed by atoms with Gasteiger partial charge in [-0.3, -0.25) is 4.79 Å². The molecular weight excluding hydrogens is 283 g/mol. The molecule has 21 heavy (non-hydrogen) atoms. The van der Waals surface area contributed by atoms with Crippen LogP contribution in [0.4, 0.5) is 18.9 Å². The summed E-state index contributed by atoms with van der Waals surface area (Å²) >= 11 is 0. The lowest BCUT2D eigenvalue weighted by molar-refractivity contribution is -0.137. The van der Waals surface area contributed by atoms with Crippen LogP contribution in [0.3, 0.4) is 0 Å². The van der Waals surface area contributed by atoms with Crippen molar-refractivity contribution in [3.63, 3.8) is 0 Å². The first kappa shape index (κ1) is 14.9. The first-order valence-corrected chi connectivity index (χ1v) is 5.99. The molecule has 0 saturated heterocycles. The van der Waals surface area contributed by atoms with Gasteiger partial charge >= 0.3 is 6.18 Å². The maximum absolute atomic E-state index is 12.7. The van der Waals surface area contributed by atoms with Gasteiger partial charge in [-0.15, -0.1) is 0 Å². The van der Waals surface area contributed by atoms with E-state index < -0.39 is 17.5 Å². The Morgan fingerprint density at radius 1 is 1.10 bits per heavy atom. The van der Waals surface area contributed by atoms with Gasteiger partial charge in [0.05, 0.1) is 18.2 Å². The van der Waals surface area contributed by atoms with Gasteiger partial charge in [0.1, 0.15) is 5.75 Å². The molecule has 0 spiro atoms. The van der Waals surface area contributed by atoms with Gasteiger partial charge in [-0.25, -0.2) is 0 Å². The van der Waals surface area contributed by atoms with Crippen molar-refractivity contribution in [1.29, 1.82) is 0 Å². The highest BCUT2D eigenvalue weighted by Gasteiger charge is 2.32. The van der Waals surface area contributed by atoms with Crippen molar-refractivity contribution in [3.8, 4) is 5.75 Å². The van der Waals surface area contributed by atoms with E-state index in [1.807, 2.05) is 0 Å². The Labute approximate surface area is 119 Å². The summed E-state index contributed by atoms with van der Waals surface area (Å²) in [5.74, 6) is -0.628. The van der Waals surface area contributed by atoms with Crippen LogP contribution in [0.5, 0.6) is 5.75 Å². The predicted molar refractivity (Wildman–Crippen MR) is 72.3 cm³/mol. The van der Waals surface area contributed by atoms with Crippen molar-refractivity contribution in [3.05, 3.63) is 59.2 Å². The zero-order valence-electron chi connectivity index (χ0n) is 11.1. The summed E-state index contributed by atoms with van der Waals surface area (Å²) in [6, 6.07) is 9.08. The lowest BCUT2D eigenvalue weighted by Gasteiger charge is -2.12. The molecule has 0 aliphatic heterocycles. The zero-order valence-corrected chi connectivity index (χ0v) is 11.1. The highest BCUT2D eigenvalue weighted by molar-refractivity contribution is 6.13. The van der Waals surface area contributed by atoms with E-state index >= 15 is 0 Å². The van der Waals surface area contributed by atoms with Crippen molar-refractivity contribution in [2.45, 2.75) is 6.18 Å². The summed E-state index contributed by atoms with van der Waals surface area (Å²) in [6.07, 6.45) is -4.50. The zero-order chi connectivity index (χ0) is 15.6. The molecule has 0 saturated carbocycles. The number of halogens is 3. The van der Waals surface area contributed by atoms with Gasteiger partial charge in [0, 0.05) is 11.3 Å². The van der Waals surface area contributed by atoms with Gasteiger partial charge in [-0.2, -0.15) is 13.2 Å². The monoisotopic (exact) mass is 295 g/mol. The lowest BCUT2D eigenvalue weighted by Crippen LogP contribution is -2.10. The van der Waals surface area contributed by atoms with Gasteiger partial charge < -0.3 is 10.5 Å². The summed E-state index contributed by atoms with van der Waals surface area (Å²) in [7, 11) is 1.21. The van der Waals surface area contributed by atoms with Crippen LogP contribution in [0.1, 0.15) is 21.5 Å². The maximum atomic E-state index is 12.7. The SMILES string of the molecule is COc1cc(C(F)(F)F)ccc1C(=O)c1ccccc1N. The maximum Gasteiger partial charge on any atom is 0.416 e. The van der Waals surface area contributed by atoms with Crippen LogP contribution in [0.25, 0.3) is 0 Å². The summed E-state index contributed by atoms with van der Waals surface area (Å²) in [5, 5.41) is 0. The van der Waals surface area contributed by atoms with Gasteiger partial charge in [0.15, 0.2) is 5.78 Å². The third kappa shape index (κ3) is 2.99.